The third kappa shape index (κ3) is 6.43. The molecule has 7 heteroatoms. The molecule has 0 saturated heterocycles. The van der Waals surface area contributed by atoms with E-state index in [0.29, 0.717) is 24.7 Å². The Hall–Kier alpha value is -4.13. The molecule has 0 fully saturated rings. The zero-order valence-electron chi connectivity index (χ0n) is 18.4. The summed E-state index contributed by atoms with van der Waals surface area (Å²) in [5.74, 6) is 0.806. The molecule has 0 spiro atoms. The number of aromatic nitrogens is 2. The van der Waals surface area contributed by atoms with Crippen LogP contribution in [0.2, 0.25) is 0 Å². The van der Waals surface area contributed by atoms with E-state index in [2.05, 4.69) is 15.5 Å². The molecule has 0 bridgehead atoms. The van der Waals surface area contributed by atoms with Crippen LogP contribution in [0.1, 0.15) is 29.0 Å². The first-order valence-corrected chi connectivity index (χ1v) is 10.8. The van der Waals surface area contributed by atoms with Gasteiger partial charge in [-0.05, 0) is 23.3 Å². The molecule has 3 aromatic carbocycles. The van der Waals surface area contributed by atoms with E-state index in [9.17, 15) is 4.79 Å². The Morgan fingerprint density at radius 3 is 2.18 bits per heavy atom. The minimum absolute atomic E-state index is 0.182. The van der Waals surface area contributed by atoms with Crippen molar-refractivity contribution in [3.8, 4) is 0 Å². The van der Waals surface area contributed by atoms with Crippen molar-refractivity contribution in [3.05, 3.63) is 114 Å². The van der Waals surface area contributed by atoms with Gasteiger partial charge in [-0.1, -0.05) is 78.9 Å². The number of hydrogen-bond acceptors (Lipinski definition) is 6. The summed E-state index contributed by atoms with van der Waals surface area (Å²) in [6.07, 6.45) is -0.0433. The van der Waals surface area contributed by atoms with E-state index in [1.165, 1.54) is 0 Å². The maximum absolute atomic E-state index is 12.5. The summed E-state index contributed by atoms with van der Waals surface area (Å²) in [6, 6.07) is 28.8. The monoisotopic (exact) mass is 442 g/mol. The smallest absolute Gasteiger partial charge is 0.408 e. The molecule has 4 rings (SSSR count). The fourth-order valence-corrected chi connectivity index (χ4v) is 3.40. The van der Waals surface area contributed by atoms with Crippen LogP contribution in [0.15, 0.2) is 95.4 Å². The van der Waals surface area contributed by atoms with Crippen molar-refractivity contribution in [2.24, 2.45) is 0 Å². The van der Waals surface area contributed by atoms with E-state index in [0.717, 1.165) is 16.8 Å². The number of rotatable bonds is 9. The molecule has 7 nitrogen and oxygen atoms in total. The van der Waals surface area contributed by atoms with Crippen LogP contribution in [0.5, 0.6) is 0 Å². The van der Waals surface area contributed by atoms with Gasteiger partial charge in [0.1, 0.15) is 12.6 Å². The Balaban J connectivity index is 1.44. The molecule has 168 valence electrons. The van der Waals surface area contributed by atoms with E-state index >= 15 is 0 Å². The van der Waals surface area contributed by atoms with Crippen LogP contribution in [-0.4, -0.2) is 23.3 Å². The summed E-state index contributed by atoms with van der Waals surface area (Å²) in [4.78, 5) is 14.5. The zero-order valence-corrected chi connectivity index (χ0v) is 18.4. The van der Waals surface area contributed by atoms with Crippen LogP contribution in [0.4, 0.5) is 10.5 Å². The number of hydrogen-bond donors (Lipinski definition) is 1. The van der Waals surface area contributed by atoms with Gasteiger partial charge in [0.15, 0.2) is 0 Å². The molecule has 1 unspecified atom stereocenters. The van der Waals surface area contributed by atoms with Gasteiger partial charge in [-0.15, -0.1) is 10.2 Å². The highest BCUT2D eigenvalue weighted by Gasteiger charge is 2.23. The van der Waals surface area contributed by atoms with Gasteiger partial charge in [0.25, 0.3) is 0 Å². The molecule has 0 radical (unpaired) electrons. The number of carbonyl (C=O) groups is 1. The van der Waals surface area contributed by atoms with Gasteiger partial charge in [-0.2, -0.15) is 0 Å². The van der Waals surface area contributed by atoms with Crippen molar-refractivity contribution in [2.75, 3.05) is 11.9 Å². The molecular weight excluding hydrogens is 416 g/mol. The summed E-state index contributed by atoms with van der Waals surface area (Å²) in [6.45, 7) is 0.634. The first-order valence-electron chi connectivity index (χ1n) is 10.8. The van der Waals surface area contributed by atoms with Crippen molar-refractivity contribution in [3.63, 3.8) is 0 Å². The first kappa shape index (κ1) is 22.1. The average Bonchev–Trinajstić information content (AvgIpc) is 3.32. The maximum Gasteiger partial charge on any atom is 0.408 e. The van der Waals surface area contributed by atoms with Gasteiger partial charge in [0.2, 0.25) is 11.8 Å². The molecule has 1 N–H and O–H groups in total. The largest absolute Gasteiger partial charge is 0.445 e. The van der Waals surface area contributed by atoms with Crippen molar-refractivity contribution in [1.29, 1.82) is 0 Å². The lowest BCUT2D eigenvalue weighted by Crippen LogP contribution is -2.30. The summed E-state index contributed by atoms with van der Waals surface area (Å²) >= 11 is 0. The third-order valence-electron chi connectivity index (χ3n) is 5.14. The second-order valence-electron chi connectivity index (χ2n) is 7.67. The fourth-order valence-electron chi connectivity index (χ4n) is 3.40. The first-order chi connectivity index (χ1) is 16.2. The molecule has 0 aliphatic heterocycles. The second-order valence-corrected chi connectivity index (χ2v) is 7.67. The van der Waals surface area contributed by atoms with Crippen molar-refractivity contribution < 1.29 is 13.9 Å². The SMILES string of the molecule is CN(Cc1nnc(C(Cc2ccccc2)NC(=O)OCc2ccccc2)o1)c1ccccc1. The van der Waals surface area contributed by atoms with Crippen molar-refractivity contribution in [2.45, 2.75) is 25.6 Å². The molecular formula is C26H26N4O3. The third-order valence-corrected chi connectivity index (χ3v) is 5.14. The van der Waals surface area contributed by atoms with Crippen LogP contribution >= 0.6 is 0 Å². The summed E-state index contributed by atoms with van der Waals surface area (Å²) in [7, 11) is 1.96. The molecule has 0 aliphatic carbocycles. The molecule has 1 amide bonds. The average molecular weight is 443 g/mol. The van der Waals surface area contributed by atoms with Gasteiger partial charge in [0, 0.05) is 19.2 Å². The highest BCUT2D eigenvalue weighted by Crippen LogP contribution is 2.20. The van der Waals surface area contributed by atoms with Crippen LogP contribution in [0.25, 0.3) is 0 Å². The molecule has 1 atom stereocenters. The maximum atomic E-state index is 12.5. The van der Waals surface area contributed by atoms with Gasteiger partial charge < -0.3 is 19.4 Å². The van der Waals surface area contributed by atoms with E-state index in [-0.39, 0.29) is 6.61 Å². The molecule has 0 aliphatic rings. The molecule has 1 aromatic heterocycles. The van der Waals surface area contributed by atoms with Crippen molar-refractivity contribution in [1.82, 2.24) is 15.5 Å². The number of carbonyl (C=O) groups excluding carboxylic acids is 1. The minimum Gasteiger partial charge on any atom is -0.445 e. The van der Waals surface area contributed by atoms with E-state index in [1.54, 1.807) is 0 Å². The van der Waals surface area contributed by atoms with Crippen LogP contribution in [0.3, 0.4) is 0 Å². The topological polar surface area (TPSA) is 80.5 Å². The number of alkyl carbamates (subject to hydrolysis) is 1. The Kier molecular flexibility index (Phi) is 7.33. The summed E-state index contributed by atoms with van der Waals surface area (Å²) < 4.78 is 11.3. The fraction of sp³-hybridized carbons (Fsp3) is 0.192. The molecule has 1 heterocycles. The lowest BCUT2D eigenvalue weighted by molar-refractivity contribution is 0.133. The van der Waals surface area contributed by atoms with E-state index < -0.39 is 12.1 Å². The van der Waals surface area contributed by atoms with Crippen molar-refractivity contribution >= 4 is 11.8 Å². The predicted molar refractivity (Wildman–Crippen MR) is 125 cm³/mol. The Morgan fingerprint density at radius 1 is 0.909 bits per heavy atom. The number of amides is 1. The quantitative estimate of drug-likeness (QED) is 0.396. The van der Waals surface area contributed by atoms with Gasteiger partial charge in [0.05, 0.1) is 6.54 Å². The van der Waals surface area contributed by atoms with E-state index in [1.807, 2.05) is 103 Å². The number of nitrogens with one attached hydrogen (secondary N) is 1. The van der Waals surface area contributed by atoms with Crippen LogP contribution in [0, 0.1) is 0 Å². The summed E-state index contributed by atoms with van der Waals surface area (Å²) in [5.41, 5.74) is 2.99. The van der Waals surface area contributed by atoms with Crippen LogP contribution < -0.4 is 10.2 Å². The highest BCUT2D eigenvalue weighted by molar-refractivity contribution is 5.67. The second kappa shape index (κ2) is 10.9. The van der Waals surface area contributed by atoms with E-state index in [4.69, 9.17) is 9.15 Å². The molecule has 33 heavy (non-hydrogen) atoms. The highest BCUT2D eigenvalue weighted by atomic mass is 16.5. The number of nitrogens with zero attached hydrogens (tertiary/aromatic N) is 3. The van der Waals surface area contributed by atoms with Gasteiger partial charge in [-0.25, -0.2) is 4.79 Å². The number of benzene rings is 3. The Bertz CT molecular complexity index is 1130. The number of ether oxygens (including phenoxy) is 1. The molecule has 0 saturated carbocycles. The normalized spacial score (nSPS) is 11.5. The number of para-hydroxylation sites is 1. The standard InChI is InChI=1S/C26H26N4O3/c1-30(22-15-9-4-10-16-22)18-24-28-29-25(33-24)23(17-20-11-5-2-6-12-20)27-26(31)32-19-21-13-7-3-8-14-21/h2-16,23H,17-19H2,1H3,(H,27,31). The minimum atomic E-state index is -0.541. The lowest BCUT2D eigenvalue weighted by Gasteiger charge is -2.17. The Morgan fingerprint density at radius 2 is 1.52 bits per heavy atom. The predicted octanol–water partition coefficient (Wildman–Crippen LogP) is 4.92. The van der Waals surface area contributed by atoms with Crippen LogP contribution in [-0.2, 0) is 24.3 Å². The Labute approximate surface area is 193 Å². The zero-order chi connectivity index (χ0) is 22.9. The van der Waals surface area contributed by atoms with Gasteiger partial charge in [-0.3, -0.25) is 0 Å². The number of anilines is 1. The summed E-state index contributed by atoms with van der Waals surface area (Å²) in [5, 5.41) is 11.3. The lowest BCUT2D eigenvalue weighted by atomic mass is 10.1. The van der Waals surface area contributed by atoms with Gasteiger partial charge >= 0.3 is 6.09 Å². The molecule has 4 aromatic rings.